The number of ether oxygens (including phenoxy) is 5. The first-order chi connectivity index (χ1) is 14.9. The monoisotopic (exact) mass is 493 g/mol. The molecule has 0 fully saturated rings. The second-order valence-corrected chi connectivity index (χ2v) is 10.0. The van der Waals surface area contributed by atoms with Gasteiger partial charge < -0.3 is 28.8 Å². The number of methoxy groups -OCH3 is 2. The van der Waals surface area contributed by atoms with Crippen LogP contribution in [-0.4, -0.2) is 54.9 Å². The van der Waals surface area contributed by atoms with Crippen LogP contribution in [0, 0.1) is 0 Å². The molecule has 0 spiro atoms. The highest BCUT2D eigenvalue weighted by Gasteiger charge is 2.47. The van der Waals surface area contributed by atoms with Crippen LogP contribution < -0.4 is 23.7 Å². The zero-order chi connectivity index (χ0) is 21.9. The number of hydrogen-bond acceptors (Lipinski definition) is 7. The molecule has 2 aromatic rings. The highest BCUT2D eigenvalue weighted by molar-refractivity contribution is 9.10. The zero-order valence-corrected chi connectivity index (χ0v) is 19.0. The Kier molecular flexibility index (Phi) is 4.82. The Balaban J connectivity index is 1.55. The number of alkyl halides is 1. The summed E-state index contributed by atoms with van der Waals surface area (Å²) < 4.78 is 28.5. The van der Waals surface area contributed by atoms with Gasteiger partial charge in [0, 0.05) is 23.6 Å². The third kappa shape index (κ3) is 3.07. The second kappa shape index (κ2) is 7.31. The lowest BCUT2D eigenvalue weighted by Crippen LogP contribution is -2.43. The number of benzene rings is 2. The normalized spacial score (nSPS) is 24.9. The molecule has 8 heteroatoms. The van der Waals surface area contributed by atoms with Crippen LogP contribution in [-0.2, 0) is 6.42 Å². The van der Waals surface area contributed by atoms with E-state index in [0.717, 1.165) is 11.1 Å². The van der Waals surface area contributed by atoms with Gasteiger partial charge in [0.05, 0.1) is 36.6 Å². The first kappa shape index (κ1) is 20.5. The van der Waals surface area contributed by atoms with Crippen LogP contribution in [0.4, 0.5) is 0 Å². The number of carbonyl (C=O) groups is 1. The van der Waals surface area contributed by atoms with E-state index in [0.29, 0.717) is 40.7 Å². The van der Waals surface area contributed by atoms with Gasteiger partial charge in [0.1, 0.15) is 36.1 Å². The van der Waals surface area contributed by atoms with Gasteiger partial charge in [-0.1, -0.05) is 15.9 Å². The van der Waals surface area contributed by atoms with E-state index in [4.69, 9.17) is 23.7 Å². The van der Waals surface area contributed by atoms with Crippen molar-refractivity contribution in [3.05, 3.63) is 41.0 Å². The third-order valence-corrected chi connectivity index (χ3v) is 7.06. The van der Waals surface area contributed by atoms with E-state index in [1.807, 2.05) is 13.0 Å². The summed E-state index contributed by atoms with van der Waals surface area (Å²) in [6.45, 7) is 2.05. The molecule has 0 amide bonds. The fraction of sp³-hybridized carbons (Fsp3) is 0.435. The molecule has 4 atom stereocenters. The van der Waals surface area contributed by atoms with Gasteiger partial charge in [-0.05, 0) is 25.1 Å². The Hall–Kier alpha value is -2.45. The maximum Gasteiger partial charge on any atom is 0.178 e. The number of ketones is 1. The van der Waals surface area contributed by atoms with E-state index in [1.165, 1.54) is 0 Å². The van der Waals surface area contributed by atoms with E-state index in [1.54, 1.807) is 32.4 Å². The van der Waals surface area contributed by atoms with Crippen molar-refractivity contribution >= 4 is 21.7 Å². The van der Waals surface area contributed by atoms with Crippen LogP contribution in [0.2, 0.25) is 0 Å². The fourth-order valence-electron chi connectivity index (χ4n) is 4.50. The van der Waals surface area contributed by atoms with Crippen LogP contribution in [0.5, 0.6) is 28.7 Å². The van der Waals surface area contributed by atoms with E-state index in [2.05, 4.69) is 15.9 Å². The van der Waals surface area contributed by atoms with Gasteiger partial charge in [-0.2, -0.15) is 0 Å². The Bertz CT molecular complexity index is 1060. The topological polar surface area (TPSA) is 83.5 Å². The maximum absolute atomic E-state index is 13.6. The highest BCUT2D eigenvalue weighted by Crippen LogP contribution is 2.50. The summed E-state index contributed by atoms with van der Waals surface area (Å²) in [5.41, 5.74) is 2.12. The molecule has 0 saturated carbocycles. The molecule has 7 nitrogen and oxygen atoms in total. The second-order valence-electron chi connectivity index (χ2n) is 8.22. The van der Waals surface area contributed by atoms with E-state index in [9.17, 15) is 9.90 Å². The summed E-state index contributed by atoms with van der Waals surface area (Å²) in [5.74, 6) is 2.41. The average molecular weight is 493 g/mol. The van der Waals surface area contributed by atoms with E-state index < -0.39 is 16.3 Å². The lowest BCUT2D eigenvalue weighted by Gasteiger charge is -2.37. The van der Waals surface area contributed by atoms with Crippen molar-refractivity contribution in [2.24, 2.45) is 0 Å². The lowest BCUT2D eigenvalue weighted by molar-refractivity contribution is 0.0554. The molecule has 0 bridgehead atoms. The van der Waals surface area contributed by atoms with Crippen molar-refractivity contribution in [3.8, 4) is 28.7 Å². The number of fused-ring (bicyclic) bond motifs is 6. The number of halogens is 1. The minimum atomic E-state index is -0.595. The standard InChI is InChI=1S/C23H23BrO7/c1-23(24,10-25)19-7-13-14(30-19)5-4-11-21(26)20-12-6-16(27-2)17(28-3)8-15(12)29-9-18(20)31-22(11)13/h4-6,8,18-20,25H,7,9-10H2,1-3H3/t18-,19-,20+,23+/m1/s1/i24+2. The molecule has 1 N–H and O–H groups in total. The molecular weight excluding hydrogens is 470 g/mol. The number of Topliss-reactive ketones (excluding diaryl/α,β-unsaturated/α-hetero) is 1. The molecule has 3 aliphatic heterocycles. The molecular formula is C23H23BrO7. The van der Waals surface area contributed by atoms with Crippen molar-refractivity contribution < 1.29 is 33.6 Å². The molecule has 3 aliphatic rings. The number of aliphatic hydroxyl groups is 1. The summed E-state index contributed by atoms with van der Waals surface area (Å²) in [6.07, 6.45) is -0.187. The highest BCUT2D eigenvalue weighted by atomic mass is 81.9. The molecule has 164 valence electrons. The summed E-state index contributed by atoms with van der Waals surface area (Å²) >= 11 is 3.55. The first-order valence-electron chi connectivity index (χ1n) is 10.1. The third-order valence-electron chi connectivity index (χ3n) is 6.30. The quantitative estimate of drug-likeness (QED) is 0.655. The summed E-state index contributed by atoms with van der Waals surface area (Å²) in [5, 5.41) is 9.69. The van der Waals surface area contributed by atoms with Gasteiger partial charge in [0.2, 0.25) is 0 Å². The lowest BCUT2D eigenvalue weighted by atomic mass is 9.81. The van der Waals surface area contributed by atoms with Gasteiger partial charge in [0.15, 0.2) is 17.3 Å². The van der Waals surface area contributed by atoms with Crippen LogP contribution in [0.3, 0.4) is 0 Å². The predicted molar refractivity (Wildman–Crippen MR) is 116 cm³/mol. The van der Waals surface area contributed by atoms with Gasteiger partial charge in [-0.3, -0.25) is 4.79 Å². The summed E-state index contributed by atoms with van der Waals surface area (Å²) in [4.78, 5) is 13.6. The number of rotatable bonds is 4. The minimum absolute atomic E-state index is 0.0157. The van der Waals surface area contributed by atoms with Gasteiger partial charge >= 0.3 is 0 Å². The Morgan fingerprint density at radius 3 is 2.61 bits per heavy atom. The molecule has 0 aromatic heterocycles. The predicted octanol–water partition coefficient (Wildman–Crippen LogP) is 3.27. The van der Waals surface area contributed by atoms with Crippen molar-refractivity contribution in [2.75, 3.05) is 27.4 Å². The van der Waals surface area contributed by atoms with Gasteiger partial charge in [-0.15, -0.1) is 0 Å². The smallest absolute Gasteiger partial charge is 0.178 e. The molecule has 0 saturated heterocycles. The number of hydrogen-bond donors (Lipinski definition) is 1. The van der Waals surface area contributed by atoms with Crippen molar-refractivity contribution in [2.45, 2.75) is 35.8 Å². The molecule has 31 heavy (non-hydrogen) atoms. The first-order valence-corrected chi connectivity index (χ1v) is 10.9. The van der Waals surface area contributed by atoms with Gasteiger partial charge in [0.25, 0.3) is 0 Å². The molecule has 0 unspecified atom stereocenters. The Morgan fingerprint density at radius 1 is 1.16 bits per heavy atom. The number of aliphatic hydroxyl groups excluding tert-OH is 1. The van der Waals surface area contributed by atoms with Crippen LogP contribution in [0.25, 0.3) is 0 Å². The molecule has 5 rings (SSSR count). The zero-order valence-electron chi connectivity index (χ0n) is 17.4. The van der Waals surface area contributed by atoms with Crippen molar-refractivity contribution in [1.29, 1.82) is 0 Å². The fourth-order valence-corrected chi connectivity index (χ4v) is 4.76. The molecule has 2 aromatic carbocycles. The van der Waals surface area contributed by atoms with Crippen LogP contribution in [0.15, 0.2) is 24.3 Å². The van der Waals surface area contributed by atoms with Gasteiger partial charge in [-0.25, -0.2) is 0 Å². The Labute approximate surface area is 188 Å². The van der Waals surface area contributed by atoms with Crippen LogP contribution in [0.1, 0.15) is 34.3 Å². The average Bonchev–Trinajstić information content (AvgIpc) is 3.23. The summed E-state index contributed by atoms with van der Waals surface area (Å²) in [6, 6.07) is 7.11. The molecule has 0 radical (unpaired) electrons. The van der Waals surface area contributed by atoms with E-state index in [-0.39, 0.29) is 25.1 Å². The molecule has 3 heterocycles. The maximum atomic E-state index is 13.6. The van der Waals surface area contributed by atoms with Crippen molar-refractivity contribution in [3.63, 3.8) is 0 Å². The van der Waals surface area contributed by atoms with Crippen molar-refractivity contribution in [1.82, 2.24) is 0 Å². The SMILES string of the molecule is COc1cc2c(cc1OC)[C@@H]1C(=O)c3ccc4c(c3O[C@@H]1CO2)C[C@H]([C@@](C)([82Br])CO)O4. The van der Waals surface area contributed by atoms with E-state index >= 15 is 0 Å². The Morgan fingerprint density at radius 2 is 1.90 bits per heavy atom. The largest absolute Gasteiger partial charge is 0.493 e. The molecule has 0 aliphatic carbocycles. The van der Waals surface area contributed by atoms with Crippen LogP contribution >= 0.6 is 15.9 Å². The minimum Gasteiger partial charge on any atom is -0.493 e. The number of carbonyl (C=O) groups excluding carboxylic acids is 1. The summed E-state index contributed by atoms with van der Waals surface area (Å²) in [7, 11) is 3.12.